The second kappa shape index (κ2) is 7.45. The van der Waals surface area contributed by atoms with Crippen molar-refractivity contribution in [3.05, 3.63) is 45.3 Å². The SMILES string of the molecule is CC(Oc1cccc(Cl)c1)C(=O)Nc1sc2c(c1C(N)=O)CCCC2. The van der Waals surface area contributed by atoms with Gasteiger partial charge in [0.15, 0.2) is 6.10 Å². The van der Waals surface area contributed by atoms with Crippen molar-refractivity contribution in [2.75, 3.05) is 5.32 Å². The number of amides is 2. The lowest BCUT2D eigenvalue weighted by atomic mass is 9.95. The zero-order valence-corrected chi connectivity index (χ0v) is 15.4. The molecule has 1 heterocycles. The average Bonchev–Trinajstić information content (AvgIpc) is 2.92. The molecule has 1 aromatic heterocycles. The Morgan fingerprint density at radius 1 is 1.32 bits per heavy atom. The van der Waals surface area contributed by atoms with Gasteiger partial charge < -0.3 is 15.8 Å². The number of primary amides is 1. The topological polar surface area (TPSA) is 81.4 Å². The Bertz CT molecular complexity index is 819. The van der Waals surface area contributed by atoms with Crippen molar-refractivity contribution in [1.29, 1.82) is 0 Å². The number of aryl methyl sites for hydroxylation is 1. The monoisotopic (exact) mass is 378 g/mol. The highest BCUT2D eigenvalue weighted by Gasteiger charge is 2.26. The van der Waals surface area contributed by atoms with Crippen LogP contribution in [0.15, 0.2) is 24.3 Å². The van der Waals surface area contributed by atoms with Gasteiger partial charge in [0.25, 0.3) is 11.8 Å². The second-order valence-corrected chi connectivity index (χ2v) is 7.53. The first kappa shape index (κ1) is 17.8. The number of carbonyl (C=O) groups is 2. The van der Waals surface area contributed by atoms with E-state index in [1.54, 1.807) is 31.2 Å². The van der Waals surface area contributed by atoms with Crippen molar-refractivity contribution in [3.63, 3.8) is 0 Å². The van der Waals surface area contributed by atoms with Crippen LogP contribution >= 0.6 is 22.9 Å². The fourth-order valence-corrected chi connectivity index (χ4v) is 4.40. The Morgan fingerprint density at radius 3 is 2.80 bits per heavy atom. The first-order valence-electron chi connectivity index (χ1n) is 8.13. The minimum Gasteiger partial charge on any atom is -0.481 e. The molecule has 0 saturated carbocycles. The molecule has 1 aromatic carbocycles. The molecule has 0 saturated heterocycles. The minimum atomic E-state index is -0.738. The lowest BCUT2D eigenvalue weighted by Gasteiger charge is -2.15. The summed E-state index contributed by atoms with van der Waals surface area (Å²) >= 11 is 7.36. The maximum Gasteiger partial charge on any atom is 0.265 e. The third kappa shape index (κ3) is 3.96. The predicted molar refractivity (Wildman–Crippen MR) is 99.7 cm³/mol. The molecule has 0 radical (unpaired) electrons. The van der Waals surface area contributed by atoms with Gasteiger partial charge >= 0.3 is 0 Å². The smallest absolute Gasteiger partial charge is 0.265 e. The molecule has 3 N–H and O–H groups in total. The molecule has 1 unspecified atom stereocenters. The van der Waals surface area contributed by atoms with E-state index in [4.69, 9.17) is 22.1 Å². The van der Waals surface area contributed by atoms with E-state index in [9.17, 15) is 9.59 Å². The summed E-state index contributed by atoms with van der Waals surface area (Å²) in [6.07, 6.45) is 3.14. The van der Waals surface area contributed by atoms with Crippen molar-refractivity contribution < 1.29 is 14.3 Å². The molecular weight excluding hydrogens is 360 g/mol. The normalized spacial score (nSPS) is 14.5. The Morgan fingerprint density at radius 2 is 2.08 bits per heavy atom. The minimum absolute atomic E-state index is 0.332. The van der Waals surface area contributed by atoms with Crippen LogP contribution in [0.25, 0.3) is 0 Å². The van der Waals surface area contributed by atoms with Gasteiger partial charge in [0, 0.05) is 9.90 Å². The first-order chi connectivity index (χ1) is 12.0. The number of carbonyl (C=O) groups excluding carboxylic acids is 2. The van der Waals surface area contributed by atoms with Gasteiger partial charge in [0.1, 0.15) is 10.8 Å². The van der Waals surface area contributed by atoms with Crippen molar-refractivity contribution in [2.24, 2.45) is 5.73 Å². The summed E-state index contributed by atoms with van der Waals surface area (Å²) < 4.78 is 5.62. The molecule has 25 heavy (non-hydrogen) atoms. The summed E-state index contributed by atoms with van der Waals surface area (Å²) in [5.41, 5.74) is 6.98. The first-order valence-corrected chi connectivity index (χ1v) is 9.32. The van der Waals surface area contributed by atoms with Crippen LogP contribution in [0.4, 0.5) is 5.00 Å². The molecule has 0 fully saturated rings. The zero-order chi connectivity index (χ0) is 18.0. The molecule has 1 atom stereocenters. The summed E-state index contributed by atoms with van der Waals surface area (Å²) in [7, 11) is 0. The van der Waals surface area contributed by atoms with Crippen LogP contribution in [-0.4, -0.2) is 17.9 Å². The molecule has 7 heteroatoms. The molecule has 0 bridgehead atoms. The number of ether oxygens (including phenoxy) is 1. The standard InChI is InChI=1S/C18H19ClN2O3S/c1-10(24-12-6-4-5-11(19)9-12)17(23)21-18-15(16(20)22)13-7-2-3-8-14(13)25-18/h4-6,9-10H,2-3,7-8H2,1H3,(H2,20,22)(H,21,23). The van der Waals surface area contributed by atoms with Crippen LogP contribution in [0.1, 0.15) is 40.6 Å². The highest BCUT2D eigenvalue weighted by molar-refractivity contribution is 7.17. The van der Waals surface area contributed by atoms with Gasteiger partial charge in [0.05, 0.1) is 5.56 Å². The highest BCUT2D eigenvalue weighted by atomic mass is 35.5. The number of anilines is 1. The van der Waals surface area contributed by atoms with Crippen LogP contribution in [0.5, 0.6) is 5.75 Å². The molecule has 3 rings (SSSR count). The van der Waals surface area contributed by atoms with Gasteiger partial charge in [0.2, 0.25) is 0 Å². The molecule has 0 aliphatic heterocycles. The fourth-order valence-electron chi connectivity index (χ4n) is 2.93. The van der Waals surface area contributed by atoms with Crippen LogP contribution in [0.2, 0.25) is 5.02 Å². The van der Waals surface area contributed by atoms with E-state index in [1.165, 1.54) is 11.3 Å². The maximum absolute atomic E-state index is 12.5. The molecule has 1 aliphatic rings. The van der Waals surface area contributed by atoms with E-state index >= 15 is 0 Å². The third-order valence-electron chi connectivity index (χ3n) is 4.13. The number of nitrogens with two attached hydrogens (primary N) is 1. The van der Waals surface area contributed by atoms with Gasteiger partial charge in [-0.1, -0.05) is 17.7 Å². The molecule has 0 spiro atoms. The number of benzene rings is 1. The number of halogens is 1. The van der Waals surface area contributed by atoms with Crippen molar-refractivity contribution in [1.82, 2.24) is 0 Å². The summed E-state index contributed by atoms with van der Waals surface area (Å²) in [5, 5.41) is 3.86. The van der Waals surface area contributed by atoms with Crippen molar-refractivity contribution in [2.45, 2.75) is 38.7 Å². The molecule has 132 valence electrons. The third-order valence-corrected chi connectivity index (χ3v) is 5.57. The van der Waals surface area contributed by atoms with Crippen LogP contribution < -0.4 is 15.8 Å². The van der Waals surface area contributed by atoms with Crippen molar-refractivity contribution >= 4 is 39.8 Å². The van der Waals surface area contributed by atoms with E-state index in [2.05, 4.69) is 5.32 Å². The van der Waals surface area contributed by atoms with E-state index in [1.807, 2.05) is 0 Å². The zero-order valence-electron chi connectivity index (χ0n) is 13.8. The number of fused-ring (bicyclic) bond motifs is 1. The van der Waals surface area contributed by atoms with E-state index < -0.39 is 12.0 Å². The Hall–Kier alpha value is -2.05. The van der Waals surface area contributed by atoms with Gasteiger partial charge in [-0.2, -0.15) is 0 Å². The van der Waals surface area contributed by atoms with Crippen LogP contribution in [0, 0.1) is 0 Å². The molecule has 1 aliphatic carbocycles. The number of thiophene rings is 1. The van der Waals surface area contributed by atoms with Gasteiger partial charge in [-0.3, -0.25) is 9.59 Å². The largest absolute Gasteiger partial charge is 0.481 e. The van der Waals surface area contributed by atoms with Crippen LogP contribution in [0.3, 0.4) is 0 Å². The summed E-state index contributed by atoms with van der Waals surface area (Å²) in [5.74, 6) is -0.324. The van der Waals surface area contributed by atoms with E-state index in [0.717, 1.165) is 36.1 Å². The quantitative estimate of drug-likeness (QED) is 0.830. The number of hydrogen-bond acceptors (Lipinski definition) is 4. The summed E-state index contributed by atoms with van der Waals surface area (Å²) in [6, 6.07) is 6.85. The Kier molecular flexibility index (Phi) is 5.30. The van der Waals surface area contributed by atoms with Gasteiger partial charge in [-0.05, 0) is 56.4 Å². The van der Waals surface area contributed by atoms with Crippen molar-refractivity contribution in [3.8, 4) is 5.75 Å². The Balaban J connectivity index is 1.76. The molecule has 2 aromatic rings. The van der Waals surface area contributed by atoms with E-state index in [0.29, 0.717) is 21.3 Å². The van der Waals surface area contributed by atoms with Gasteiger partial charge in [-0.15, -0.1) is 11.3 Å². The molecule has 5 nitrogen and oxygen atoms in total. The number of nitrogens with one attached hydrogen (secondary N) is 1. The number of rotatable bonds is 5. The second-order valence-electron chi connectivity index (χ2n) is 5.99. The predicted octanol–water partition coefficient (Wildman–Crippen LogP) is 3.79. The fraction of sp³-hybridized carbons (Fsp3) is 0.333. The van der Waals surface area contributed by atoms with Gasteiger partial charge in [-0.25, -0.2) is 0 Å². The lowest BCUT2D eigenvalue weighted by molar-refractivity contribution is -0.122. The average molecular weight is 379 g/mol. The maximum atomic E-state index is 12.5. The Labute approximate surface area is 155 Å². The van der Waals surface area contributed by atoms with Crippen LogP contribution in [-0.2, 0) is 17.6 Å². The summed E-state index contributed by atoms with van der Waals surface area (Å²) in [6.45, 7) is 1.65. The summed E-state index contributed by atoms with van der Waals surface area (Å²) in [4.78, 5) is 25.5. The van der Waals surface area contributed by atoms with E-state index in [-0.39, 0.29) is 5.91 Å². The number of hydrogen-bond donors (Lipinski definition) is 2. The lowest BCUT2D eigenvalue weighted by Crippen LogP contribution is -2.30. The highest BCUT2D eigenvalue weighted by Crippen LogP contribution is 2.38. The molecule has 2 amide bonds. The molecular formula is C18H19ClN2O3S.